The Hall–Kier alpha value is -1.16. The zero-order valence-corrected chi connectivity index (χ0v) is 12.3. The number of nitrogens with one attached hydrogen (secondary N) is 1. The van der Waals surface area contributed by atoms with Crippen molar-refractivity contribution in [3.8, 4) is 0 Å². The SMILES string of the molecule is Cn1cccc1.[Na+].c1cc[n-]c1.c1cc[nH]c1. The summed E-state index contributed by atoms with van der Waals surface area (Å²) in [5.41, 5.74) is 0. The van der Waals surface area contributed by atoms with Crippen LogP contribution in [0.15, 0.2) is 73.6 Å². The molecule has 1 N–H and O–H groups in total. The van der Waals surface area contributed by atoms with Gasteiger partial charge in [-0.1, -0.05) is 12.1 Å². The maximum Gasteiger partial charge on any atom is 1.00 e. The molecule has 0 aromatic carbocycles. The second kappa shape index (κ2) is 11.3. The summed E-state index contributed by atoms with van der Waals surface area (Å²) in [6.45, 7) is 0. The molecule has 3 rings (SSSR count). The van der Waals surface area contributed by atoms with Crippen molar-refractivity contribution in [2.24, 2.45) is 7.05 Å². The monoisotopic (exact) mass is 237 g/mol. The Balaban J connectivity index is 0.000000221. The Morgan fingerprint density at radius 1 is 0.824 bits per heavy atom. The standard InChI is InChI=1S/C5H7N.C4H5N.C4H4N.Na/c1-6-4-2-3-5-6;2*1-2-4-5-3-1;/h2-5H,1H3;1-5H;1-4H;/q;;-1;+1. The second-order valence-electron chi connectivity index (χ2n) is 3.07. The number of aromatic nitrogens is 3. The van der Waals surface area contributed by atoms with E-state index in [2.05, 4.69) is 9.97 Å². The first-order valence-electron chi connectivity index (χ1n) is 5.06. The van der Waals surface area contributed by atoms with Crippen molar-refractivity contribution in [1.82, 2.24) is 14.5 Å². The molecule has 4 heteroatoms. The van der Waals surface area contributed by atoms with Crippen LogP contribution >= 0.6 is 0 Å². The molecule has 0 spiro atoms. The molecule has 0 atom stereocenters. The quantitative estimate of drug-likeness (QED) is 0.535. The largest absolute Gasteiger partial charge is 1.00 e. The van der Waals surface area contributed by atoms with Gasteiger partial charge < -0.3 is 14.5 Å². The van der Waals surface area contributed by atoms with Crippen molar-refractivity contribution in [2.75, 3.05) is 0 Å². The van der Waals surface area contributed by atoms with Crippen LogP contribution in [0.5, 0.6) is 0 Å². The summed E-state index contributed by atoms with van der Waals surface area (Å²) in [7, 11) is 2.00. The van der Waals surface area contributed by atoms with E-state index in [1.54, 1.807) is 12.4 Å². The summed E-state index contributed by atoms with van der Waals surface area (Å²) < 4.78 is 2.00. The van der Waals surface area contributed by atoms with Crippen molar-refractivity contribution in [3.05, 3.63) is 73.6 Å². The molecule has 3 heterocycles. The van der Waals surface area contributed by atoms with E-state index < -0.39 is 0 Å². The topological polar surface area (TPSA) is 34.8 Å². The zero-order chi connectivity index (χ0) is 11.5. The van der Waals surface area contributed by atoms with E-state index in [0.29, 0.717) is 0 Å². The normalized spacial score (nSPS) is 7.82. The molecule has 0 radical (unpaired) electrons. The number of aryl methyl sites for hydroxylation is 1. The number of rotatable bonds is 0. The van der Waals surface area contributed by atoms with Crippen LogP contribution in [0.4, 0.5) is 0 Å². The maximum absolute atomic E-state index is 3.72. The van der Waals surface area contributed by atoms with Crippen LogP contribution in [-0.4, -0.2) is 9.55 Å². The number of nitrogens with zero attached hydrogens (tertiary/aromatic N) is 2. The average Bonchev–Trinajstić information content (AvgIpc) is 3.07. The van der Waals surface area contributed by atoms with Gasteiger partial charge in [0, 0.05) is 31.8 Å². The van der Waals surface area contributed by atoms with Gasteiger partial charge in [-0.2, -0.15) is 12.4 Å². The number of aromatic amines is 1. The molecule has 3 nitrogen and oxygen atoms in total. The van der Waals surface area contributed by atoms with Crippen molar-refractivity contribution in [1.29, 1.82) is 0 Å². The maximum atomic E-state index is 3.72. The van der Waals surface area contributed by atoms with Crippen LogP contribution in [0.2, 0.25) is 0 Å². The fraction of sp³-hybridized carbons (Fsp3) is 0.0769. The zero-order valence-electron chi connectivity index (χ0n) is 10.3. The first kappa shape index (κ1) is 15.8. The Labute approximate surface area is 124 Å². The molecule has 84 valence electrons. The fourth-order valence-electron chi connectivity index (χ4n) is 0.947. The Morgan fingerprint density at radius 3 is 1.53 bits per heavy atom. The van der Waals surface area contributed by atoms with Gasteiger partial charge in [0.15, 0.2) is 0 Å². The van der Waals surface area contributed by atoms with E-state index in [4.69, 9.17) is 0 Å². The number of hydrogen-bond acceptors (Lipinski definition) is 0. The van der Waals surface area contributed by atoms with Gasteiger partial charge in [-0.3, -0.25) is 0 Å². The Morgan fingerprint density at radius 2 is 1.35 bits per heavy atom. The van der Waals surface area contributed by atoms with Crippen molar-refractivity contribution in [3.63, 3.8) is 0 Å². The molecule has 3 aromatic heterocycles. The Kier molecular flexibility index (Phi) is 10.6. The van der Waals surface area contributed by atoms with Gasteiger partial charge >= 0.3 is 29.6 Å². The molecule has 3 aromatic rings. The minimum atomic E-state index is 0. The van der Waals surface area contributed by atoms with Gasteiger partial charge in [0.1, 0.15) is 0 Å². The fourth-order valence-corrected chi connectivity index (χ4v) is 0.947. The molecule has 0 amide bonds. The predicted molar refractivity (Wildman–Crippen MR) is 66.0 cm³/mol. The molecule has 0 aliphatic carbocycles. The molecule has 0 aliphatic heterocycles. The second-order valence-corrected chi connectivity index (χ2v) is 3.07. The molecule has 0 bridgehead atoms. The van der Waals surface area contributed by atoms with Gasteiger partial charge in [-0.15, -0.1) is 0 Å². The third kappa shape index (κ3) is 9.75. The third-order valence-corrected chi connectivity index (χ3v) is 1.70. The van der Waals surface area contributed by atoms with Crippen molar-refractivity contribution < 1.29 is 29.6 Å². The van der Waals surface area contributed by atoms with E-state index >= 15 is 0 Å². The van der Waals surface area contributed by atoms with Crippen LogP contribution < -0.4 is 34.5 Å². The van der Waals surface area contributed by atoms with Crippen molar-refractivity contribution >= 4 is 0 Å². The first-order valence-corrected chi connectivity index (χ1v) is 5.06. The van der Waals surface area contributed by atoms with Crippen LogP contribution in [0.25, 0.3) is 0 Å². The average molecular weight is 237 g/mol. The minimum Gasteiger partial charge on any atom is -0.670 e. The van der Waals surface area contributed by atoms with E-state index in [9.17, 15) is 0 Å². The molecule has 17 heavy (non-hydrogen) atoms. The summed E-state index contributed by atoms with van der Waals surface area (Å²) >= 11 is 0. The molecular formula is C13H16N3Na. The van der Waals surface area contributed by atoms with Crippen LogP contribution in [0.3, 0.4) is 0 Å². The predicted octanol–water partition coefficient (Wildman–Crippen LogP) is -0.312. The van der Waals surface area contributed by atoms with Gasteiger partial charge in [0.05, 0.1) is 0 Å². The van der Waals surface area contributed by atoms with Crippen LogP contribution in [-0.2, 0) is 7.05 Å². The van der Waals surface area contributed by atoms with Gasteiger partial charge in [-0.25, -0.2) is 0 Å². The van der Waals surface area contributed by atoms with E-state index in [-0.39, 0.29) is 29.6 Å². The van der Waals surface area contributed by atoms with Crippen molar-refractivity contribution in [2.45, 2.75) is 0 Å². The third-order valence-electron chi connectivity index (χ3n) is 1.70. The van der Waals surface area contributed by atoms with Crippen LogP contribution in [0.1, 0.15) is 0 Å². The molecule has 0 saturated heterocycles. The molecule has 0 unspecified atom stereocenters. The van der Waals surface area contributed by atoms with Gasteiger partial charge in [0.2, 0.25) is 0 Å². The summed E-state index contributed by atoms with van der Waals surface area (Å²) in [5, 5.41) is 0. The molecule has 0 fully saturated rings. The Bertz CT molecular complexity index is 341. The summed E-state index contributed by atoms with van der Waals surface area (Å²) in [6.07, 6.45) is 11.2. The van der Waals surface area contributed by atoms with E-state index in [1.165, 1.54) is 0 Å². The number of hydrogen-bond donors (Lipinski definition) is 1. The smallest absolute Gasteiger partial charge is 0.670 e. The minimum absolute atomic E-state index is 0. The summed E-state index contributed by atoms with van der Waals surface area (Å²) in [4.78, 5) is 6.58. The van der Waals surface area contributed by atoms with Gasteiger partial charge in [-0.05, 0) is 24.3 Å². The summed E-state index contributed by atoms with van der Waals surface area (Å²) in [5.74, 6) is 0. The molecule has 0 aliphatic rings. The summed E-state index contributed by atoms with van der Waals surface area (Å²) in [6, 6.07) is 11.7. The first-order chi connectivity index (χ1) is 7.89. The van der Waals surface area contributed by atoms with E-state index in [1.807, 2.05) is 72.8 Å². The van der Waals surface area contributed by atoms with E-state index in [0.717, 1.165) is 0 Å². The molecule has 0 saturated carbocycles. The number of H-pyrrole nitrogens is 1. The molecular weight excluding hydrogens is 221 g/mol. The van der Waals surface area contributed by atoms with Crippen LogP contribution in [0, 0.1) is 0 Å². The van der Waals surface area contributed by atoms with Gasteiger partial charge in [0.25, 0.3) is 0 Å².